The average molecular weight is 339 g/mol. The lowest BCUT2D eigenvalue weighted by Crippen LogP contribution is -2.42. The lowest BCUT2D eigenvalue weighted by molar-refractivity contribution is 0.235. The van der Waals surface area contributed by atoms with Crippen molar-refractivity contribution in [3.05, 3.63) is 59.7 Å². The molecule has 0 bridgehead atoms. The summed E-state index contributed by atoms with van der Waals surface area (Å²) in [7, 11) is 3.48. The summed E-state index contributed by atoms with van der Waals surface area (Å²) in [6.07, 6.45) is 1.95. The molecular formula is C20H25N3O2. The van der Waals surface area contributed by atoms with E-state index in [1.54, 1.807) is 14.2 Å². The summed E-state index contributed by atoms with van der Waals surface area (Å²) in [5.41, 5.74) is 2.45. The van der Waals surface area contributed by atoms with Crippen LogP contribution in [0.1, 0.15) is 11.1 Å². The number of hydrogen-bond donors (Lipinski definition) is 2. The van der Waals surface area contributed by atoms with Crippen molar-refractivity contribution < 1.29 is 9.47 Å². The Kier molecular flexibility index (Phi) is 5.77. The van der Waals surface area contributed by atoms with Gasteiger partial charge in [-0.25, -0.2) is 0 Å². The van der Waals surface area contributed by atoms with E-state index in [0.717, 1.165) is 43.4 Å². The topological polar surface area (TPSA) is 54.9 Å². The van der Waals surface area contributed by atoms with Crippen molar-refractivity contribution in [2.45, 2.75) is 18.9 Å². The number of benzene rings is 2. The maximum atomic E-state index is 5.94. The summed E-state index contributed by atoms with van der Waals surface area (Å²) in [5, 5.41) is 6.69. The van der Waals surface area contributed by atoms with Gasteiger partial charge in [-0.2, -0.15) is 0 Å². The minimum absolute atomic E-state index is 0.144. The first-order chi connectivity index (χ1) is 12.3. The van der Waals surface area contributed by atoms with Crippen LogP contribution in [0, 0.1) is 0 Å². The van der Waals surface area contributed by atoms with Gasteiger partial charge in [0.15, 0.2) is 5.96 Å². The molecule has 0 aliphatic carbocycles. The first-order valence-electron chi connectivity index (χ1n) is 8.61. The van der Waals surface area contributed by atoms with Gasteiger partial charge in [0.1, 0.15) is 17.6 Å². The predicted octanol–water partition coefficient (Wildman–Crippen LogP) is 2.41. The molecule has 132 valence electrons. The Bertz CT molecular complexity index is 705. The summed E-state index contributed by atoms with van der Waals surface area (Å²) >= 11 is 0. The SMILES string of the molecule is CN=C(NCCc1ccccc1OC)NCC1Cc2ccccc2O1. The Morgan fingerprint density at radius 3 is 2.76 bits per heavy atom. The van der Waals surface area contributed by atoms with E-state index in [4.69, 9.17) is 9.47 Å². The number of guanidine groups is 1. The number of aliphatic imine (C=N–C) groups is 1. The molecular weight excluding hydrogens is 314 g/mol. The van der Waals surface area contributed by atoms with Crippen molar-refractivity contribution >= 4 is 5.96 Å². The zero-order valence-corrected chi connectivity index (χ0v) is 14.8. The zero-order chi connectivity index (χ0) is 17.5. The fourth-order valence-corrected chi connectivity index (χ4v) is 3.02. The van der Waals surface area contributed by atoms with Gasteiger partial charge in [-0.15, -0.1) is 0 Å². The zero-order valence-electron chi connectivity index (χ0n) is 14.8. The maximum absolute atomic E-state index is 5.94. The smallest absolute Gasteiger partial charge is 0.191 e. The van der Waals surface area contributed by atoms with Crippen LogP contribution in [0.4, 0.5) is 0 Å². The Morgan fingerprint density at radius 1 is 1.16 bits per heavy atom. The molecule has 2 aromatic rings. The van der Waals surface area contributed by atoms with Gasteiger partial charge < -0.3 is 20.1 Å². The van der Waals surface area contributed by atoms with E-state index in [0.29, 0.717) is 0 Å². The summed E-state index contributed by atoms with van der Waals surface area (Å²) in [5.74, 6) is 2.70. The summed E-state index contributed by atoms with van der Waals surface area (Å²) in [4.78, 5) is 4.28. The highest BCUT2D eigenvalue weighted by atomic mass is 16.5. The van der Waals surface area contributed by atoms with Gasteiger partial charge >= 0.3 is 0 Å². The predicted molar refractivity (Wildman–Crippen MR) is 101 cm³/mol. The summed E-state index contributed by atoms with van der Waals surface area (Å²) in [6, 6.07) is 16.3. The number of nitrogens with one attached hydrogen (secondary N) is 2. The molecule has 0 saturated heterocycles. The minimum Gasteiger partial charge on any atom is -0.496 e. The van der Waals surface area contributed by atoms with E-state index in [-0.39, 0.29) is 6.10 Å². The molecule has 0 spiro atoms. The molecule has 3 rings (SSSR count). The minimum atomic E-state index is 0.144. The number of hydrogen-bond acceptors (Lipinski definition) is 3. The third-order valence-electron chi connectivity index (χ3n) is 4.31. The molecule has 25 heavy (non-hydrogen) atoms. The van der Waals surface area contributed by atoms with Crippen LogP contribution in [0.3, 0.4) is 0 Å². The number of fused-ring (bicyclic) bond motifs is 1. The molecule has 0 radical (unpaired) electrons. The quantitative estimate of drug-likeness (QED) is 0.627. The standard InChI is InChI=1S/C20H25N3O2/c1-21-20(22-12-11-15-7-3-5-9-18(15)24-2)23-14-17-13-16-8-4-6-10-19(16)25-17/h3-10,17H,11-14H2,1-2H3,(H2,21,22,23). The van der Waals surface area contributed by atoms with E-state index in [2.05, 4.69) is 33.8 Å². The average Bonchev–Trinajstić information content (AvgIpc) is 3.07. The van der Waals surface area contributed by atoms with E-state index >= 15 is 0 Å². The molecule has 1 heterocycles. The molecule has 0 aromatic heterocycles. The normalized spacial score (nSPS) is 16.1. The molecule has 2 aromatic carbocycles. The van der Waals surface area contributed by atoms with Crippen molar-refractivity contribution in [3.8, 4) is 11.5 Å². The third kappa shape index (κ3) is 4.44. The van der Waals surface area contributed by atoms with Crippen molar-refractivity contribution in [1.82, 2.24) is 10.6 Å². The van der Waals surface area contributed by atoms with E-state index in [9.17, 15) is 0 Å². The van der Waals surface area contributed by atoms with Crippen LogP contribution >= 0.6 is 0 Å². The maximum Gasteiger partial charge on any atom is 0.191 e. The molecule has 1 aliphatic heterocycles. The van der Waals surface area contributed by atoms with Crippen LogP contribution in [-0.4, -0.2) is 39.3 Å². The van der Waals surface area contributed by atoms with Crippen molar-refractivity contribution in [1.29, 1.82) is 0 Å². The van der Waals surface area contributed by atoms with E-state index < -0.39 is 0 Å². The second kappa shape index (κ2) is 8.42. The Hall–Kier alpha value is -2.69. The van der Waals surface area contributed by atoms with Crippen LogP contribution in [0.5, 0.6) is 11.5 Å². The number of nitrogens with zero attached hydrogens (tertiary/aromatic N) is 1. The molecule has 0 amide bonds. The highest BCUT2D eigenvalue weighted by Gasteiger charge is 2.22. The highest BCUT2D eigenvalue weighted by molar-refractivity contribution is 5.79. The Morgan fingerprint density at radius 2 is 1.96 bits per heavy atom. The third-order valence-corrected chi connectivity index (χ3v) is 4.31. The fourth-order valence-electron chi connectivity index (χ4n) is 3.02. The Balaban J connectivity index is 1.43. The second-order valence-corrected chi connectivity index (χ2v) is 5.99. The van der Waals surface area contributed by atoms with Crippen molar-refractivity contribution in [2.75, 3.05) is 27.2 Å². The number of para-hydroxylation sites is 2. The lowest BCUT2D eigenvalue weighted by Gasteiger charge is -2.16. The van der Waals surface area contributed by atoms with Gasteiger partial charge in [-0.05, 0) is 29.7 Å². The fraction of sp³-hybridized carbons (Fsp3) is 0.350. The molecule has 5 heteroatoms. The number of ether oxygens (including phenoxy) is 2. The Labute approximate surface area is 149 Å². The molecule has 2 N–H and O–H groups in total. The van der Waals surface area contributed by atoms with Crippen molar-refractivity contribution in [3.63, 3.8) is 0 Å². The van der Waals surface area contributed by atoms with Crippen LogP contribution in [0.2, 0.25) is 0 Å². The van der Waals surface area contributed by atoms with Gasteiger partial charge in [0, 0.05) is 20.0 Å². The first-order valence-corrected chi connectivity index (χ1v) is 8.61. The van der Waals surface area contributed by atoms with Crippen molar-refractivity contribution in [2.24, 2.45) is 4.99 Å². The van der Waals surface area contributed by atoms with E-state index in [1.807, 2.05) is 30.3 Å². The largest absolute Gasteiger partial charge is 0.496 e. The van der Waals surface area contributed by atoms with Crippen LogP contribution < -0.4 is 20.1 Å². The van der Waals surface area contributed by atoms with Crippen LogP contribution in [0.25, 0.3) is 0 Å². The van der Waals surface area contributed by atoms with Gasteiger partial charge in [-0.1, -0.05) is 36.4 Å². The van der Waals surface area contributed by atoms with Crippen LogP contribution in [-0.2, 0) is 12.8 Å². The second-order valence-electron chi connectivity index (χ2n) is 5.99. The summed E-state index contributed by atoms with van der Waals surface area (Å²) in [6.45, 7) is 1.51. The lowest BCUT2D eigenvalue weighted by atomic mass is 10.1. The van der Waals surface area contributed by atoms with Gasteiger partial charge in [0.2, 0.25) is 0 Å². The molecule has 1 aliphatic rings. The van der Waals surface area contributed by atoms with Gasteiger partial charge in [0.25, 0.3) is 0 Å². The van der Waals surface area contributed by atoms with Crippen LogP contribution in [0.15, 0.2) is 53.5 Å². The molecule has 5 nitrogen and oxygen atoms in total. The molecule has 0 saturated carbocycles. The van der Waals surface area contributed by atoms with Gasteiger partial charge in [-0.3, -0.25) is 4.99 Å². The van der Waals surface area contributed by atoms with Gasteiger partial charge in [0.05, 0.1) is 13.7 Å². The molecule has 0 fully saturated rings. The number of rotatable bonds is 6. The summed E-state index contributed by atoms with van der Waals surface area (Å²) < 4.78 is 11.3. The molecule has 1 unspecified atom stereocenters. The van der Waals surface area contributed by atoms with E-state index in [1.165, 1.54) is 11.1 Å². The molecule has 1 atom stereocenters. The monoisotopic (exact) mass is 339 g/mol. The first kappa shape index (κ1) is 17.1. The number of methoxy groups -OCH3 is 1. The highest BCUT2D eigenvalue weighted by Crippen LogP contribution is 2.27.